The Morgan fingerprint density at radius 3 is 2.28 bits per heavy atom. The fourth-order valence-corrected chi connectivity index (χ4v) is 3.17. The Kier molecular flexibility index (Phi) is 8.21. The monoisotopic (exact) mass is 398 g/mol. The summed E-state index contributed by atoms with van der Waals surface area (Å²) in [4.78, 5) is 27.4. The van der Waals surface area contributed by atoms with E-state index in [1.807, 2.05) is 70.3 Å². The van der Waals surface area contributed by atoms with Crippen LogP contribution in [-0.4, -0.2) is 50.5 Å². The van der Waals surface area contributed by atoms with Gasteiger partial charge in [0.1, 0.15) is 12.3 Å². The molecule has 0 radical (unpaired) electrons. The number of para-hydroxylation sites is 1. The van der Waals surface area contributed by atoms with Crippen LogP contribution in [0.4, 0.5) is 5.69 Å². The molecule has 0 aliphatic rings. The van der Waals surface area contributed by atoms with Gasteiger partial charge in [0.25, 0.3) is 5.91 Å². The summed E-state index contributed by atoms with van der Waals surface area (Å²) in [6.45, 7) is 7.58. The molecule has 0 aromatic heterocycles. The highest BCUT2D eigenvalue weighted by Gasteiger charge is 2.18. The molecule has 156 valence electrons. The van der Waals surface area contributed by atoms with Crippen LogP contribution < -0.4 is 15.0 Å². The zero-order valence-corrected chi connectivity index (χ0v) is 18.0. The first kappa shape index (κ1) is 22.4. The fraction of sp³-hybridized carbons (Fsp3) is 0.391. The van der Waals surface area contributed by atoms with Crippen LogP contribution in [0.5, 0.6) is 5.75 Å². The van der Waals surface area contributed by atoms with Gasteiger partial charge in [0.2, 0.25) is 5.91 Å². The lowest BCUT2D eigenvalue weighted by Gasteiger charge is -2.20. The van der Waals surface area contributed by atoms with E-state index in [0.717, 1.165) is 39.6 Å². The van der Waals surface area contributed by atoms with Crippen molar-refractivity contribution in [1.29, 1.82) is 0 Å². The first-order chi connectivity index (χ1) is 13.8. The van der Waals surface area contributed by atoms with Gasteiger partial charge in [-0.2, -0.15) is 0 Å². The molecule has 2 N–H and O–H groups in total. The molecule has 1 atom stereocenters. The number of aryl methyl sites for hydroxylation is 2. The molecule has 2 amide bonds. The molecule has 0 spiro atoms. The van der Waals surface area contributed by atoms with E-state index < -0.39 is 0 Å². The summed E-state index contributed by atoms with van der Waals surface area (Å²) < 4.78 is 5.45. The molecule has 2 rings (SSSR count). The maximum absolute atomic E-state index is 12.5. The van der Waals surface area contributed by atoms with Crippen molar-refractivity contribution in [2.75, 3.05) is 39.1 Å². The lowest BCUT2D eigenvalue weighted by molar-refractivity contribution is -0.885. The van der Waals surface area contributed by atoms with Gasteiger partial charge in [-0.3, -0.25) is 9.59 Å². The van der Waals surface area contributed by atoms with Gasteiger partial charge in [0.05, 0.1) is 20.2 Å². The number of benzene rings is 2. The van der Waals surface area contributed by atoms with Crippen molar-refractivity contribution in [3.63, 3.8) is 0 Å². The largest absolute Gasteiger partial charge is 0.494 e. The predicted molar refractivity (Wildman–Crippen MR) is 115 cm³/mol. The van der Waals surface area contributed by atoms with E-state index in [-0.39, 0.29) is 18.4 Å². The van der Waals surface area contributed by atoms with Gasteiger partial charge in [-0.25, -0.2) is 0 Å². The topological polar surface area (TPSA) is 63.1 Å². The lowest BCUT2D eigenvalue weighted by Crippen LogP contribution is -3.08. The third kappa shape index (κ3) is 6.91. The fourth-order valence-electron chi connectivity index (χ4n) is 3.17. The number of nitrogens with one attached hydrogen (secondary N) is 2. The molecule has 0 saturated carbocycles. The van der Waals surface area contributed by atoms with Gasteiger partial charge in [-0.1, -0.05) is 18.2 Å². The molecule has 2 aromatic rings. The molecule has 0 aliphatic carbocycles. The summed E-state index contributed by atoms with van der Waals surface area (Å²) in [5.41, 5.74) is 3.96. The van der Waals surface area contributed by atoms with Gasteiger partial charge in [-0.05, 0) is 56.2 Å². The molecule has 0 saturated heterocycles. The molecule has 6 heteroatoms. The smallest absolute Gasteiger partial charge is 0.277 e. The van der Waals surface area contributed by atoms with E-state index in [1.54, 1.807) is 7.05 Å². The van der Waals surface area contributed by atoms with Crippen LogP contribution in [-0.2, 0) is 16.1 Å². The third-order valence-corrected chi connectivity index (χ3v) is 4.75. The number of nitrogens with zero attached hydrogens (tertiary/aromatic N) is 1. The van der Waals surface area contributed by atoms with Gasteiger partial charge < -0.3 is 19.9 Å². The van der Waals surface area contributed by atoms with E-state index >= 15 is 0 Å². The van der Waals surface area contributed by atoms with Gasteiger partial charge in [-0.15, -0.1) is 0 Å². The van der Waals surface area contributed by atoms with Crippen LogP contribution >= 0.6 is 0 Å². The minimum absolute atomic E-state index is 0.0307. The van der Waals surface area contributed by atoms with Gasteiger partial charge >= 0.3 is 0 Å². The molecule has 6 nitrogen and oxygen atoms in total. The first-order valence-electron chi connectivity index (χ1n) is 9.93. The number of carbonyl (C=O) groups is 2. The van der Waals surface area contributed by atoms with Crippen LogP contribution in [0.1, 0.15) is 23.6 Å². The zero-order valence-electron chi connectivity index (χ0n) is 18.0. The van der Waals surface area contributed by atoms with Crippen LogP contribution in [0, 0.1) is 13.8 Å². The summed E-state index contributed by atoms with van der Waals surface area (Å²) >= 11 is 0. The SMILES string of the molecule is CCOc1ccc(C[NH+](C)CC(=O)N(C)CC(=O)Nc2c(C)cccc2C)cc1. The number of hydrogen-bond acceptors (Lipinski definition) is 3. The number of anilines is 1. The highest BCUT2D eigenvalue weighted by molar-refractivity contribution is 5.95. The molecule has 29 heavy (non-hydrogen) atoms. The standard InChI is InChI=1S/C23H31N3O3/c1-6-29-20-12-10-19(11-13-20)14-25(4)16-22(28)26(5)15-21(27)24-23-17(2)8-7-9-18(23)3/h7-13H,6,14-16H2,1-5H3,(H,24,27)/p+1. The summed E-state index contributed by atoms with van der Waals surface area (Å²) in [5.74, 6) is 0.590. The molecule has 0 aliphatic heterocycles. The summed E-state index contributed by atoms with van der Waals surface area (Å²) in [7, 11) is 3.63. The second kappa shape index (κ2) is 10.6. The Morgan fingerprint density at radius 2 is 1.69 bits per heavy atom. The zero-order chi connectivity index (χ0) is 21.4. The minimum atomic E-state index is -0.192. The maximum atomic E-state index is 12.5. The Bertz CT molecular complexity index is 814. The van der Waals surface area contributed by atoms with E-state index in [4.69, 9.17) is 4.74 Å². The third-order valence-electron chi connectivity index (χ3n) is 4.75. The van der Waals surface area contributed by atoms with Crippen molar-refractivity contribution in [1.82, 2.24) is 4.90 Å². The lowest BCUT2D eigenvalue weighted by atomic mass is 10.1. The summed E-state index contributed by atoms with van der Waals surface area (Å²) in [6, 6.07) is 13.8. The van der Waals surface area contributed by atoms with Crippen molar-refractivity contribution >= 4 is 17.5 Å². The van der Waals surface area contributed by atoms with Crippen LogP contribution in [0.2, 0.25) is 0 Å². The van der Waals surface area contributed by atoms with Crippen molar-refractivity contribution in [2.24, 2.45) is 0 Å². The van der Waals surface area contributed by atoms with Crippen LogP contribution in [0.3, 0.4) is 0 Å². The maximum Gasteiger partial charge on any atom is 0.277 e. The number of amides is 2. The predicted octanol–water partition coefficient (Wildman–Crippen LogP) is 1.81. The average Bonchev–Trinajstić information content (AvgIpc) is 2.66. The van der Waals surface area contributed by atoms with E-state index in [9.17, 15) is 9.59 Å². The average molecular weight is 399 g/mol. The molecular formula is C23H32N3O3+. The molecule has 0 fully saturated rings. The highest BCUT2D eigenvalue weighted by Crippen LogP contribution is 2.19. The van der Waals surface area contributed by atoms with E-state index in [2.05, 4.69) is 5.32 Å². The minimum Gasteiger partial charge on any atom is -0.494 e. The van der Waals surface area contributed by atoms with Crippen molar-refractivity contribution in [3.8, 4) is 5.75 Å². The van der Waals surface area contributed by atoms with Crippen molar-refractivity contribution in [3.05, 3.63) is 59.2 Å². The molecule has 0 bridgehead atoms. The number of likely N-dealkylation sites (N-methyl/N-ethyl adjacent to an activating group) is 2. The first-order valence-corrected chi connectivity index (χ1v) is 9.93. The van der Waals surface area contributed by atoms with Crippen LogP contribution in [0.25, 0.3) is 0 Å². The molecule has 0 heterocycles. The molecule has 1 unspecified atom stereocenters. The van der Waals surface area contributed by atoms with Gasteiger partial charge in [0, 0.05) is 18.3 Å². The highest BCUT2D eigenvalue weighted by atomic mass is 16.5. The normalized spacial score (nSPS) is 11.6. The Hall–Kier alpha value is -2.86. The summed E-state index contributed by atoms with van der Waals surface area (Å²) in [6.07, 6.45) is 0. The van der Waals surface area contributed by atoms with E-state index in [0.29, 0.717) is 13.2 Å². The van der Waals surface area contributed by atoms with Gasteiger partial charge in [0.15, 0.2) is 6.54 Å². The number of rotatable bonds is 9. The Balaban J connectivity index is 1.83. The van der Waals surface area contributed by atoms with Crippen LogP contribution in [0.15, 0.2) is 42.5 Å². The summed E-state index contributed by atoms with van der Waals surface area (Å²) in [5, 5.41) is 2.92. The molecule has 2 aromatic carbocycles. The quantitative estimate of drug-likeness (QED) is 0.677. The van der Waals surface area contributed by atoms with E-state index in [1.165, 1.54) is 4.90 Å². The Morgan fingerprint density at radius 1 is 1.07 bits per heavy atom. The number of carbonyl (C=O) groups excluding carboxylic acids is 2. The second-order valence-electron chi connectivity index (χ2n) is 7.45. The number of quaternary nitrogens is 1. The number of ether oxygens (including phenoxy) is 1. The molecular weight excluding hydrogens is 366 g/mol. The Labute approximate surface area is 173 Å². The van der Waals surface area contributed by atoms with Crippen molar-refractivity contribution in [2.45, 2.75) is 27.3 Å². The second-order valence-corrected chi connectivity index (χ2v) is 7.45. The van der Waals surface area contributed by atoms with Crippen molar-refractivity contribution < 1.29 is 19.2 Å². The number of hydrogen-bond donors (Lipinski definition) is 2.